The second kappa shape index (κ2) is 3.42. The normalized spacial score (nSPS) is 10.5. The number of aromatic nitrogens is 1. The van der Waals surface area contributed by atoms with Gasteiger partial charge in [-0.15, -0.1) is 0 Å². The molecule has 1 rings (SSSR count). The van der Waals surface area contributed by atoms with Gasteiger partial charge in [0, 0.05) is 6.20 Å². The summed E-state index contributed by atoms with van der Waals surface area (Å²) in [5, 5.41) is 10.4. The Hall–Kier alpha value is -1.59. The van der Waals surface area contributed by atoms with Crippen LogP contribution in [0.25, 0.3) is 0 Å². The van der Waals surface area contributed by atoms with Gasteiger partial charge in [-0.3, -0.25) is 15.1 Å². The summed E-state index contributed by atoms with van der Waals surface area (Å²) >= 11 is 0. The maximum Gasteiger partial charge on any atom is 0.299 e. The molecule has 1 aromatic rings. The van der Waals surface area contributed by atoms with Gasteiger partial charge in [0.1, 0.15) is 5.69 Å². The maximum atomic E-state index is 12.2. The molecule has 0 aliphatic rings. The summed E-state index contributed by atoms with van der Waals surface area (Å²) < 4.78 is 24.5. The predicted octanol–water partition coefficient (Wildman–Crippen LogP) is 2.24. The molecule has 70 valence electrons. The van der Waals surface area contributed by atoms with Gasteiger partial charge >= 0.3 is 0 Å². The Labute approximate surface area is 72.4 Å². The Morgan fingerprint density at radius 3 is 2.62 bits per heavy atom. The van der Waals surface area contributed by atoms with E-state index in [1.165, 1.54) is 6.92 Å². The minimum atomic E-state index is -2.85. The second-order valence-corrected chi connectivity index (χ2v) is 2.39. The molecule has 0 saturated carbocycles. The Morgan fingerprint density at radius 2 is 2.23 bits per heavy atom. The lowest BCUT2D eigenvalue weighted by atomic mass is 10.2. The zero-order valence-electron chi connectivity index (χ0n) is 6.70. The third-order valence-electron chi connectivity index (χ3n) is 1.56. The molecular formula is C7H6F2N2O2. The van der Waals surface area contributed by atoms with E-state index in [2.05, 4.69) is 4.98 Å². The van der Waals surface area contributed by atoms with E-state index in [0.717, 1.165) is 12.3 Å². The van der Waals surface area contributed by atoms with Crippen molar-refractivity contribution in [1.82, 2.24) is 4.98 Å². The molecule has 0 saturated heterocycles. The first-order chi connectivity index (χ1) is 6.04. The van der Waals surface area contributed by atoms with Crippen molar-refractivity contribution in [2.75, 3.05) is 0 Å². The van der Waals surface area contributed by atoms with Gasteiger partial charge in [0.25, 0.3) is 12.1 Å². The highest BCUT2D eigenvalue weighted by Gasteiger charge is 2.23. The molecule has 0 radical (unpaired) electrons. The molecule has 4 nitrogen and oxygen atoms in total. The van der Waals surface area contributed by atoms with Gasteiger partial charge in [0.05, 0.1) is 10.5 Å². The number of hydrogen-bond acceptors (Lipinski definition) is 3. The molecule has 1 aromatic heterocycles. The van der Waals surface area contributed by atoms with Gasteiger partial charge in [0.2, 0.25) is 0 Å². The lowest BCUT2D eigenvalue weighted by Gasteiger charge is -2.02. The number of rotatable bonds is 2. The van der Waals surface area contributed by atoms with Crippen LogP contribution in [0.15, 0.2) is 12.3 Å². The van der Waals surface area contributed by atoms with Crippen molar-refractivity contribution in [2.45, 2.75) is 13.3 Å². The van der Waals surface area contributed by atoms with Crippen molar-refractivity contribution in [3.8, 4) is 0 Å². The predicted molar refractivity (Wildman–Crippen MR) is 40.6 cm³/mol. The van der Waals surface area contributed by atoms with E-state index in [-0.39, 0.29) is 5.69 Å². The van der Waals surface area contributed by atoms with Crippen LogP contribution >= 0.6 is 0 Å². The van der Waals surface area contributed by atoms with E-state index in [1.54, 1.807) is 0 Å². The number of nitro groups is 1. The maximum absolute atomic E-state index is 12.2. The van der Waals surface area contributed by atoms with Crippen LogP contribution < -0.4 is 0 Å². The first kappa shape index (κ1) is 9.50. The summed E-state index contributed by atoms with van der Waals surface area (Å²) in [7, 11) is 0. The van der Waals surface area contributed by atoms with E-state index < -0.39 is 22.6 Å². The summed E-state index contributed by atoms with van der Waals surface area (Å²) in [5.41, 5.74) is -1.18. The van der Waals surface area contributed by atoms with E-state index >= 15 is 0 Å². The highest BCUT2D eigenvalue weighted by molar-refractivity contribution is 5.43. The average molecular weight is 188 g/mol. The highest BCUT2D eigenvalue weighted by atomic mass is 19.3. The molecule has 0 aliphatic heterocycles. The molecule has 1 heterocycles. The van der Waals surface area contributed by atoms with Gasteiger partial charge in [-0.05, 0) is 13.0 Å². The zero-order valence-corrected chi connectivity index (χ0v) is 6.70. The summed E-state index contributed by atoms with van der Waals surface area (Å²) in [4.78, 5) is 13.1. The first-order valence-corrected chi connectivity index (χ1v) is 3.42. The number of nitrogens with zero attached hydrogens (tertiary/aromatic N) is 2. The van der Waals surface area contributed by atoms with Gasteiger partial charge < -0.3 is 0 Å². The Bertz CT molecular complexity index is 341. The molecule has 0 unspecified atom stereocenters. The fourth-order valence-corrected chi connectivity index (χ4v) is 0.992. The summed E-state index contributed by atoms with van der Waals surface area (Å²) in [5.74, 6) is 0. The topological polar surface area (TPSA) is 56.0 Å². The number of pyridine rings is 1. The van der Waals surface area contributed by atoms with Crippen molar-refractivity contribution in [3.05, 3.63) is 33.6 Å². The van der Waals surface area contributed by atoms with E-state index in [0.29, 0.717) is 0 Å². The van der Waals surface area contributed by atoms with Crippen LogP contribution in [-0.2, 0) is 0 Å². The van der Waals surface area contributed by atoms with Crippen LogP contribution in [0.2, 0.25) is 0 Å². The van der Waals surface area contributed by atoms with Crippen LogP contribution in [0.5, 0.6) is 0 Å². The second-order valence-electron chi connectivity index (χ2n) is 2.39. The van der Waals surface area contributed by atoms with Gasteiger partial charge in [-0.25, -0.2) is 8.78 Å². The fourth-order valence-electron chi connectivity index (χ4n) is 0.992. The molecule has 13 heavy (non-hydrogen) atoms. The highest BCUT2D eigenvalue weighted by Crippen LogP contribution is 2.29. The van der Waals surface area contributed by atoms with Crippen molar-refractivity contribution >= 4 is 5.69 Å². The lowest BCUT2D eigenvalue weighted by molar-refractivity contribution is -0.387. The van der Waals surface area contributed by atoms with Crippen molar-refractivity contribution in [2.24, 2.45) is 0 Å². The van der Waals surface area contributed by atoms with Crippen LogP contribution in [0.4, 0.5) is 14.5 Å². The van der Waals surface area contributed by atoms with Crippen LogP contribution in [0.1, 0.15) is 17.7 Å². The lowest BCUT2D eigenvalue weighted by Crippen LogP contribution is -2.00. The molecular weight excluding hydrogens is 182 g/mol. The molecule has 0 aromatic carbocycles. The Kier molecular flexibility index (Phi) is 2.50. The summed E-state index contributed by atoms with van der Waals surface area (Å²) in [6.45, 7) is 1.32. The largest absolute Gasteiger partial charge is 0.299 e. The number of hydrogen-bond donors (Lipinski definition) is 0. The Balaban J connectivity index is 3.34. The smallest absolute Gasteiger partial charge is 0.258 e. The monoisotopic (exact) mass is 188 g/mol. The molecule has 0 amide bonds. The number of aryl methyl sites for hydroxylation is 1. The van der Waals surface area contributed by atoms with Crippen LogP contribution in [0, 0.1) is 17.0 Å². The third-order valence-corrected chi connectivity index (χ3v) is 1.56. The molecule has 0 fully saturated rings. The van der Waals surface area contributed by atoms with Gasteiger partial charge in [0.15, 0.2) is 0 Å². The summed E-state index contributed by atoms with van der Waals surface area (Å²) in [6.07, 6.45) is -1.72. The van der Waals surface area contributed by atoms with Crippen LogP contribution in [0.3, 0.4) is 0 Å². The standard InChI is InChI=1S/C7H6F2N2O2/c1-4-6(11(12)13)5(7(8)9)2-3-10-4/h2-3,7H,1H3. The minimum absolute atomic E-state index is 0.00259. The Morgan fingerprint density at radius 1 is 1.62 bits per heavy atom. The molecule has 0 aliphatic carbocycles. The molecule has 0 spiro atoms. The van der Waals surface area contributed by atoms with Crippen LogP contribution in [-0.4, -0.2) is 9.91 Å². The van der Waals surface area contributed by atoms with Crippen molar-refractivity contribution in [1.29, 1.82) is 0 Å². The zero-order chi connectivity index (χ0) is 10.0. The fraction of sp³-hybridized carbons (Fsp3) is 0.286. The van der Waals surface area contributed by atoms with Gasteiger partial charge in [-0.1, -0.05) is 0 Å². The first-order valence-electron chi connectivity index (χ1n) is 3.42. The quantitative estimate of drug-likeness (QED) is 0.528. The SMILES string of the molecule is Cc1nccc(C(F)F)c1[N+](=O)[O-]. The number of halogens is 2. The van der Waals surface area contributed by atoms with E-state index in [4.69, 9.17) is 0 Å². The van der Waals surface area contributed by atoms with E-state index in [1.807, 2.05) is 0 Å². The van der Waals surface area contributed by atoms with Crippen molar-refractivity contribution in [3.63, 3.8) is 0 Å². The molecule has 0 N–H and O–H groups in total. The number of alkyl halides is 2. The van der Waals surface area contributed by atoms with E-state index in [9.17, 15) is 18.9 Å². The van der Waals surface area contributed by atoms with Gasteiger partial charge in [-0.2, -0.15) is 0 Å². The minimum Gasteiger partial charge on any atom is -0.258 e. The summed E-state index contributed by atoms with van der Waals surface area (Å²) in [6, 6.07) is 0.954. The molecule has 0 atom stereocenters. The third kappa shape index (κ3) is 1.77. The average Bonchev–Trinajstić information content (AvgIpc) is 2.02. The molecule has 6 heteroatoms. The van der Waals surface area contributed by atoms with Crippen molar-refractivity contribution < 1.29 is 13.7 Å². The molecule has 0 bridgehead atoms.